The molecule has 1 aromatic heterocycles. The molecule has 2 aromatic rings. The molecule has 0 atom stereocenters. The van der Waals surface area contributed by atoms with E-state index in [4.69, 9.17) is 10.0 Å². The van der Waals surface area contributed by atoms with Gasteiger partial charge in [-0.2, -0.15) is 0 Å². The Morgan fingerprint density at radius 3 is 2.78 bits per heavy atom. The predicted molar refractivity (Wildman–Crippen MR) is 63.8 cm³/mol. The molecule has 0 aliphatic carbocycles. The summed E-state index contributed by atoms with van der Waals surface area (Å²) in [5, 5.41) is 18.0. The fraction of sp³-hybridized carbons (Fsp3) is 0.0909. The maximum absolute atomic E-state index is 13.3. The second kappa shape index (κ2) is 5.11. The molecule has 0 saturated heterocycles. The van der Waals surface area contributed by atoms with Gasteiger partial charge in [-0.3, -0.25) is 4.57 Å². The highest BCUT2D eigenvalue weighted by molar-refractivity contribution is 6.58. The highest BCUT2D eigenvalue weighted by Crippen LogP contribution is 2.03. The minimum atomic E-state index is -1.75. The number of nitrogens with zero attached hydrogens (tertiary/aromatic N) is 2. The molecule has 0 fully saturated rings. The molecule has 18 heavy (non-hydrogen) atoms. The lowest BCUT2D eigenvalue weighted by molar-refractivity contribution is 0.425. The van der Waals surface area contributed by atoms with Crippen molar-refractivity contribution in [2.75, 3.05) is 0 Å². The van der Waals surface area contributed by atoms with E-state index < -0.39 is 18.6 Å². The zero-order valence-corrected chi connectivity index (χ0v) is 9.32. The van der Waals surface area contributed by atoms with Gasteiger partial charge < -0.3 is 10.0 Å². The Hall–Kier alpha value is -1.99. The molecule has 5 nitrogen and oxygen atoms in total. The van der Waals surface area contributed by atoms with Gasteiger partial charge >= 0.3 is 12.8 Å². The molecule has 0 amide bonds. The van der Waals surface area contributed by atoms with E-state index in [0.29, 0.717) is 5.56 Å². The largest absolute Gasteiger partial charge is 0.488 e. The number of rotatable bonds is 3. The first kappa shape index (κ1) is 12.5. The number of benzene rings is 1. The molecule has 0 radical (unpaired) electrons. The molecule has 0 unspecified atom stereocenters. The van der Waals surface area contributed by atoms with Gasteiger partial charge in [0.25, 0.3) is 0 Å². The third-order valence-corrected chi connectivity index (χ3v) is 2.41. The van der Waals surface area contributed by atoms with Crippen molar-refractivity contribution >= 4 is 12.6 Å². The zero-order chi connectivity index (χ0) is 13.1. The fourth-order valence-corrected chi connectivity index (χ4v) is 1.62. The quantitative estimate of drug-likeness (QED) is 0.691. The molecule has 1 heterocycles. The second-order valence-corrected chi connectivity index (χ2v) is 3.80. The molecule has 0 spiro atoms. The summed E-state index contributed by atoms with van der Waals surface area (Å²) in [7, 11) is -1.75. The van der Waals surface area contributed by atoms with Crippen LogP contribution in [-0.2, 0) is 6.54 Å². The molecule has 0 aliphatic rings. The van der Waals surface area contributed by atoms with Gasteiger partial charge in [-0.1, -0.05) is 6.07 Å². The Bertz CT molecular complexity index is 615. The van der Waals surface area contributed by atoms with E-state index in [1.54, 1.807) is 6.07 Å². The van der Waals surface area contributed by atoms with Crippen LogP contribution in [0.15, 0.2) is 41.5 Å². The van der Waals surface area contributed by atoms with Gasteiger partial charge in [-0.05, 0) is 29.2 Å². The minimum absolute atomic E-state index is 0.0435. The van der Waals surface area contributed by atoms with Gasteiger partial charge in [-0.25, -0.2) is 14.2 Å². The van der Waals surface area contributed by atoms with Crippen molar-refractivity contribution in [2.24, 2.45) is 0 Å². The summed E-state index contributed by atoms with van der Waals surface area (Å²) >= 11 is 0. The summed E-state index contributed by atoms with van der Waals surface area (Å²) in [6.45, 7) is 0.115. The lowest BCUT2D eigenvalue weighted by Crippen LogP contribution is -2.31. The zero-order valence-electron chi connectivity index (χ0n) is 9.32. The average molecular weight is 248 g/mol. The first-order valence-corrected chi connectivity index (χ1v) is 5.23. The van der Waals surface area contributed by atoms with Crippen molar-refractivity contribution in [3.63, 3.8) is 0 Å². The van der Waals surface area contributed by atoms with Crippen LogP contribution in [0.5, 0.6) is 0 Å². The highest BCUT2D eigenvalue weighted by Gasteiger charge is 2.13. The van der Waals surface area contributed by atoms with Crippen LogP contribution >= 0.6 is 0 Å². The van der Waals surface area contributed by atoms with Crippen molar-refractivity contribution < 1.29 is 14.4 Å². The van der Waals surface area contributed by atoms with Crippen molar-refractivity contribution in [2.45, 2.75) is 6.54 Å². The van der Waals surface area contributed by atoms with Crippen LogP contribution in [0.4, 0.5) is 4.39 Å². The maximum Gasteiger partial charge on any atom is 0.488 e. The van der Waals surface area contributed by atoms with E-state index in [0.717, 1.165) is 6.07 Å². The van der Waals surface area contributed by atoms with Crippen LogP contribution in [0.3, 0.4) is 0 Å². The SMILES string of the molecule is O=c1ncccn1Cc1cc(F)cc(B(O)O)c1. The molecule has 2 N–H and O–H groups in total. The molecule has 1 aromatic carbocycles. The molecule has 0 aliphatic heterocycles. The smallest absolute Gasteiger partial charge is 0.423 e. The Kier molecular flexibility index (Phi) is 3.54. The van der Waals surface area contributed by atoms with Crippen molar-refractivity contribution in [3.8, 4) is 0 Å². The van der Waals surface area contributed by atoms with Gasteiger partial charge in [0.2, 0.25) is 0 Å². The van der Waals surface area contributed by atoms with Gasteiger partial charge in [0.15, 0.2) is 0 Å². The van der Waals surface area contributed by atoms with E-state index in [-0.39, 0.29) is 12.0 Å². The third-order valence-electron chi connectivity index (χ3n) is 2.41. The second-order valence-electron chi connectivity index (χ2n) is 3.80. The Balaban J connectivity index is 2.35. The molecule has 0 bridgehead atoms. The topological polar surface area (TPSA) is 75.4 Å². The molecule has 92 valence electrons. The number of hydrogen-bond donors (Lipinski definition) is 2. The first-order valence-electron chi connectivity index (χ1n) is 5.23. The van der Waals surface area contributed by atoms with E-state index in [1.807, 2.05) is 0 Å². The molecule has 2 rings (SSSR count). The van der Waals surface area contributed by atoms with E-state index >= 15 is 0 Å². The van der Waals surface area contributed by atoms with Crippen molar-refractivity contribution in [1.29, 1.82) is 0 Å². The number of hydrogen-bond acceptors (Lipinski definition) is 4. The van der Waals surface area contributed by atoms with Crippen molar-refractivity contribution in [1.82, 2.24) is 9.55 Å². The van der Waals surface area contributed by atoms with Crippen LogP contribution in [0, 0.1) is 5.82 Å². The van der Waals surface area contributed by atoms with Crippen LogP contribution in [0.1, 0.15) is 5.56 Å². The van der Waals surface area contributed by atoms with Gasteiger partial charge in [0, 0.05) is 12.4 Å². The van der Waals surface area contributed by atoms with E-state index in [9.17, 15) is 9.18 Å². The minimum Gasteiger partial charge on any atom is -0.423 e. The summed E-state index contributed by atoms with van der Waals surface area (Å²) in [4.78, 5) is 15.0. The Morgan fingerprint density at radius 1 is 1.33 bits per heavy atom. The summed E-state index contributed by atoms with van der Waals surface area (Å²) in [6.07, 6.45) is 2.89. The Labute approximate surface area is 102 Å². The highest BCUT2D eigenvalue weighted by atomic mass is 19.1. The number of aromatic nitrogens is 2. The van der Waals surface area contributed by atoms with Crippen molar-refractivity contribution in [3.05, 3.63) is 58.5 Å². The standard InChI is InChI=1S/C11H10BFN2O3/c13-10-5-8(4-9(6-10)12(17)18)7-15-3-1-2-14-11(15)16/h1-6,17-18H,7H2. The van der Waals surface area contributed by atoms with Gasteiger partial charge in [-0.15, -0.1) is 0 Å². The monoisotopic (exact) mass is 248 g/mol. The van der Waals surface area contributed by atoms with Crippen LogP contribution in [0.25, 0.3) is 0 Å². The summed E-state index contributed by atoms with van der Waals surface area (Å²) in [5.41, 5.74) is 0.0444. The van der Waals surface area contributed by atoms with Crippen LogP contribution in [-0.4, -0.2) is 26.7 Å². The molecular formula is C11H10BFN2O3. The van der Waals surface area contributed by atoms with Crippen LogP contribution < -0.4 is 11.2 Å². The number of halogens is 1. The predicted octanol–water partition coefficient (Wildman–Crippen LogP) is -0.890. The average Bonchev–Trinajstić information content (AvgIpc) is 2.31. The van der Waals surface area contributed by atoms with Gasteiger partial charge in [0.05, 0.1) is 6.54 Å². The third kappa shape index (κ3) is 2.82. The lowest BCUT2D eigenvalue weighted by atomic mass is 9.79. The first-order chi connectivity index (χ1) is 8.56. The molecular weight excluding hydrogens is 238 g/mol. The van der Waals surface area contributed by atoms with E-state index in [1.165, 1.54) is 29.1 Å². The Morgan fingerprint density at radius 2 is 2.11 bits per heavy atom. The fourth-order valence-electron chi connectivity index (χ4n) is 1.62. The summed E-state index contributed by atoms with van der Waals surface area (Å²) in [6, 6.07) is 5.27. The summed E-state index contributed by atoms with van der Waals surface area (Å²) in [5.74, 6) is -0.590. The molecule has 7 heteroatoms. The summed E-state index contributed by atoms with van der Waals surface area (Å²) < 4.78 is 14.6. The van der Waals surface area contributed by atoms with Crippen LogP contribution in [0.2, 0.25) is 0 Å². The van der Waals surface area contributed by atoms with Gasteiger partial charge in [0.1, 0.15) is 5.82 Å². The maximum atomic E-state index is 13.3. The molecule has 0 saturated carbocycles. The normalized spacial score (nSPS) is 10.4. The lowest BCUT2D eigenvalue weighted by Gasteiger charge is -2.07. The van der Waals surface area contributed by atoms with E-state index in [2.05, 4.69) is 4.98 Å².